The third kappa shape index (κ3) is 5.75. The minimum atomic E-state index is -3.77. The van der Waals surface area contributed by atoms with Crippen molar-refractivity contribution >= 4 is 33.3 Å². The van der Waals surface area contributed by atoms with E-state index in [9.17, 15) is 18.0 Å². The Morgan fingerprint density at radius 3 is 2.26 bits per heavy atom. The van der Waals surface area contributed by atoms with Gasteiger partial charge in [0.05, 0.1) is 31.2 Å². The average molecular weight is 449 g/mol. The van der Waals surface area contributed by atoms with Gasteiger partial charge in [0.25, 0.3) is 0 Å². The van der Waals surface area contributed by atoms with E-state index >= 15 is 0 Å². The molecule has 31 heavy (non-hydrogen) atoms. The third-order valence-electron chi connectivity index (χ3n) is 4.74. The van der Waals surface area contributed by atoms with Crippen molar-refractivity contribution in [2.24, 2.45) is 0 Å². The van der Waals surface area contributed by atoms with Gasteiger partial charge in [-0.1, -0.05) is 13.0 Å². The fraction of sp³-hybridized carbons (Fsp3) is 0.364. The number of esters is 1. The van der Waals surface area contributed by atoms with Crippen LogP contribution in [0.15, 0.2) is 42.5 Å². The predicted molar refractivity (Wildman–Crippen MR) is 120 cm³/mol. The number of sulfonamides is 1. The summed E-state index contributed by atoms with van der Waals surface area (Å²) >= 11 is 0. The number of carbonyl (C=O) groups is 2. The number of ether oxygens (including phenoxy) is 2. The van der Waals surface area contributed by atoms with Crippen molar-refractivity contribution in [2.45, 2.75) is 33.2 Å². The summed E-state index contributed by atoms with van der Waals surface area (Å²) < 4.78 is 36.4. The highest BCUT2D eigenvalue weighted by atomic mass is 32.2. The van der Waals surface area contributed by atoms with Crippen molar-refractivity contribution in [2.75, 3.05) is 29.6 Å². The maximum atomic E-state index is 13.1. The summed E-state index contributed by atoms with van der Waals surface area (Å²) in [5.74, 6) is -0.423. The molecule has 0 saturated heterocycles. The number of nitrogens with zero attached hydrogens (tertiary/aromatic N) is 1. The highest BCUT2D eigenvalue weighted by molar-refractivity contribution is 7.92. The number of benzene rings is 2. The summed E-state index contributed by atoms with van der Waals surface area (Å²) in [4.78, 5) is 25.3. The maximum absolute atomic E-state index is 13.1. The van der Waals surface area contributed by atoms with Gasteiger partial charge in [-0.2, -0.15) is 0 Å². The van der Waals surface area contributed by atoms with E-state index in [1.165, 1.54) is 7.11 Å². The molecule has 0 heterocycles. The standard InChI is InChI=1S/C22H28N2O6S/c1-6-20(24(31(5,27)28)16-11-13-17(29-4)14-12-16)21(25)23-19-10-8-9-18(15(19)3)22(26)30-7-2/h8-14,20H,6-7H2,1-5H3,(H,23,25)/t20-/m1/s1. The Balaban J connectivity index is 2.38. The van der Waals surface area contributed by atoms with E-state index in [-0.39, 0.29) is 13.0 Å². The van der Waals surface area contributed by atoms with E-state index in [0.717, 1.165) is 10.6 Å². The van der Waals surface area contributed by atoms with Crippen LogP contribution >= 0.6 is 0 Å². The van der Waals surface area contributed by atoms with Gasteiger partial charge in [0.2, 0.25) is 15.9 Å². The van der Waals surface area contributed by atoms with Gasteiger partial charge in [-0.25, -0.2) is 13.2 Å². The Kier molecular flexibility index (Phi) is 8.04. The first-order chi connectivity index (χ1) is 14.6. The molecule has 0 spiro atoms. The zero-order chi connectivity index (χ0) is 23.2. The van der Waals surface area contributed by atoms with Crippen LogP contribution in [0.2, 0.25) is 0 Å². The van der Waals surface area contributed by atoms with Crippen LogP contribution in [-0.2, 0) is 19.6 Å². The van der Waals surface area contributed by atoms with E-state index in [2.05, 4.69) is 5.32 Å². The van der Waals surface area contributed by atoms with Crippen LogP contribution in [0, 0.1) is 6.92 Å². The highest BCUT2D eigenvalue weighted by Gasteiger charge is 2.32. The Morgan fingerprint density at radius 2 is 1.74 bits per heavy atom. The second kappa shape index (κ2) is 10.3. The molecule has 0 unspecified atom stereocenters. The van der Waals surface area contributed by atoms with Gasteiger partial charge in [0.15, 0.2) is 0 Å². The predicted octanol–water partition coefficient (Wildman–Crippen LogP) is 3.36. The zero-order valence-corrected chi connectivity index (χ0v) is 19.2. The van der Waals surface area contributed by atoms with E-state index < -0.39 is 27.9 Å². The van der Waals surface area contributed by atoms with E-state index in [1.807, 2.05) is 0 Å². The van der Waals surface area contributed by atoms with Crippen molar-refractivity contribution in [1.82, 2.24) is 0 Å². The lowest BCUT2D eigenvalue weighted by Crippen LogP contribution is -2.47. The molecule has 8 nitrogen and oxygen atoms in total. The first-order valence-electron chi connectivity index (χ1n) is 9.85. The molecule has 0 aliphatic rings. The lowest BCUT2D eigenvalue weighted by Gasteiger charge is -2.30. The average Bonchev–Trinajstić information content (AvgIpc) is 2.72. The van der Waals surface area contributed by atoms with Crippen LogP contribution in [-0.4, -0.2) is 46.3 Å². The molecule has 0 fully saturated rings. The van der Waals surface area contributed by atoms with Gasteiger partial charge in [-0.15, -0.1) is 0 Å². The number of hydrogen-bond acceptors (Lipinski definition) is 6. The highest BCUT2D eigenvalue weighted by Crippen LogP contribution is 2.26. The first kappa shape index (κ1) is 24.2. The lowest BCUT2D eigenvalue weighted by atomic mass is 10.1. The Morgan fingerprint density at radius 1 is 1.10 bits per heavy atom. The molecule has 1 atom stereocenters. The summed E-state index contributed by atoms with van der Waals surface area (Å²) in [5.41, 5.74) is 1.64. The number of rotatable bonds is 9. The molecular formula is C22H28N2O6S. The minimum absolute atomic E-state index is 0.234. The van der Waals surface area contributed by atoms with Crippen LogP contribution in [0.4, 0.5) is 11.4 Å². The minimum Gasteiger partial charge on any atom is -0.497 e. The van der Waals surface area contributed by atoms with Gasteiger partial charge < -0.3 is 14.8 Å². The summed E-state index contributed by atoms with van der Waals surface area (Å²) in [6.07, 6.45) is 1.29. The van der Waals surface area contributed by atoms with Crippen molar-refractivity contribution in [3.63, 3.8) is 0 Å². The van der Waals surface area contributed by atoms with Gasteiger partial charge in [-0.05, 0) is 62.2 Å². The molecule has 0 aliphatic heterocycles. The fourth-order valence-electron chi connectivity index (χ4n) is 3.21. The number of hydrogen-bond donors (Lipinski definition) is 1. The number of carbonyl (C=O) groups excluding carboxylic acids is 2. The Hall–Kier alpha value is -3.07. The Labute approximate surface area is 183 Å². The van der Waals surface area contributed by atoms with Crippen LogP contribution in [0.5, 0.6) is 5.75 Å². The molecule has 2 aromatic carbocycles. The van der Waals surface area contributed by atoms with Crippen molar-refractivity contribution in [3.8, 4) is 5.75 Å². The van der Waals surface area contributed by atoms with Crippen LogP contribution < -0.4 is 14.4 Å². The molecular weight excluding hydrogens is 420 g/mol. The monoisotopic (exact) mass is 448 g/mol. The number of amides is 1. The van der Waals surface area contributed by atoms with Crippen LogP contribution in [0.25, 0.3) is 0 Å². The van der Waals surface area contributed by atoms with E-state index in [0.29, 0.717) is 28.3 Å². The smallest absolute Gasteiger partial charge is 0.338 e. The zero-order valence-electron chi connectivity index (χ0n) is 18.3. The summed E-state index contributed by atoms with van der Waals surface area (Å²) in [5, 5.41) is 2.77. The van der Waals surface area contributed by atoms with Crippen molar-refractivity contribution in [1.29, 1.82) is 0 Å². The molecule has 0 saturated carbocycles. The van der Waals surface area contributed by atoms with Gasteiger partial charge in [-0.3, -0.25) is 9.10 Å². The lowest BCUT2D eigenvalue weighted by molar-refractivity contribution is -0.117. The third-order valence-corrected chi connectivity index (χ3v) is 5.92. The quantitative estimate of drug-likeness (QED) is 0.590. The van der Waals surface area contributed by atoms with Crippen LogP contribution in [0.3, 0.4) is 0 Å². The van der Waals surface area contributed by atoms with Gasteiger partial charge in [0, 0.05) is 5.69 Å². The van der Waals surface area contributed by atoms with Crippen LogP contribution in [0.1, 0.15) is 36.2 Å². The SMILES string of the molecule is CCOC(=O)c1cccc(NC(=O)[C@@H](CC)N(c2ccc(OC)cc2)S(C)(=O)=O)c1C. The molecule has 0 aliphatic carbocycles. The Bertz CT molecular complexity index is 1030. The number of methoxy groups -OCH3 is 1. The second-order valence-electron chi connectivity index (χ2n) is 6.87. The molecule has 2 aromatic rings. The molecule has 168 valence electrons. The molecule has 0 radical (unpaired) electrons. The fourth-order valence-corrected chi connectivity index (χ4v) is 4.42. The maximum Gasteiger partial charge on any atom is 0.338 e. The van der Waals surface area contributed by atoms with Gasteiger partial charge >= 0.3 is 5.97 Å². The van der Waals surface area contributed by atoms with Gasteiger partial charge in [0.1, 0.15) is 11.8 Å². The van der Waals surface area contributed by atoms with E-state index in [4.69, 9.17) is 9.47 Å². The van der Waals surface area contributed by atoms with Crippen molar-refractivity contribution < 1.29 is 27.5 Å². The van der Waals surface area contributed by atoms with E-state index in [1.54, 1.807) is 63.2 Å². The largest absolute Gasteiger partial charge is 0.497 e. The molecule has 0 bridgehead atoms. The summed E-state index contributed by atoms with van der Waals surface area (Å²) in [6, 6.07) is 10.3. The van der Waals surface area contributed by atoms with Crippen molar-refractivity contribution in [3.05, 3.63) is 53.6 Å². The number of nitrogens with one attached hydrogen (secondary N) is 1. The first-order valence-corrected chi connectivity index (χ1v) is 11.7. The second-order valence-corrected chi connectivity index (χ2v) is 8.73. The summed E-state index contributed by atoms with van der Waals surface area (Å²) in [6.45, 7) is 5.37. The molecule has 1 N–H and O–H groups in total. The number of anilines is 2. The summed E-state index contributed by atoms with van der Waals surface area (Å²) in [7, 11) is -2.26. The molecule has 9 heteroatoms. The molecule has 1 amide bonds. The molecule has 2 rings (SSSR count). The molecule has 0 aromatic heterocycles. The normalized spacial score (nSPS) is 12.0. The topological polar surface area (TPSA) is 102 Å².